The number of nitrogens with zero attached hydrogens (tertiary/aromatic N) is 4. The van der Waals surface area contributed by atoms with E-state index in [4.69, 9.17) is 0 Å². The fourth-order valence-corrected chi connectivity index (χ4v) is 4.35. The lowest BCUT2D eigenvalue weighted by molar-refractivity contribution is -0.113. The summed E-state index contributed by atoms with van der Waals surface area (Å²) < 4.78 is 25.0. The Balaban J connectivity index is 1.52. The van der Waals surface area contributed by atoms with Crippen molar-refractivity contribution in [1.29, 1.82) is 0 Å². The van der Waals surface area contributed by atoms with E-state index in [2.05, 4.69) is 20.5 Å². The molecule has 0 fully saturated rings. The summed E-state index contributed by atoms with van der Waals surface area (Å²) in [7, 11) is -3.29. The number of hydrogen-bond donors (Lipinski definition) is 1. The van der Waals surface area contributed by atoms with Crippen LogP contribution in [0.5, 0.6) is 0 Å². The third-order valence-corrected chi connectivity index (χ3v) is 6.52. The Morgan fingerprint density at radius 3 is 2.41 bits per heavy atom. The molecule has 4 aromatic rings. The van der Waals surface area contributed by atoms with Crippen LogP contribution in [-0.2, 0) is 14.6 Å². The van der Waals surface area contributed by atoms with Crippen LogP contribution in [0.1, 0.15) is 0 Å². The number of hydrogen-bond acceptors (Lipinski definition) is 7. The second-order valence-electron chi connectivity index (χ2n) is 6.85. The van der Waals surface area contributed by atoms with Crippen molar-refractivity contribution in [2.24, 2.45) is 0 Å². The molecule has 0 aliphatic carbocycles. The van der Waals surface area contributed by atoms with Gasteiger partial charge in [-0.15, -0.1) is 10.2 Å². The van der Waals surface area contributed by atoms with Gasteiger partial charge in [0, 0.05) is 35.6 Å². The molecule has 1 N–H and O–H groups in total. The maximum atomic E-state index is 12.5. The van der Waals surface area contributed by atoms with Crippen LogP contribution in [0.4, 0.5) is 5.69 Å². The smallest absolute Gasteiger partial charge is 0.234 e. The normalized spacial score (nSPS) is 11.3. The first-order valence-electron chi connectivity index (χ1n) is 9.56. The Labute approximate surface area is 189 Å². The Morgan fingerprint density at radius 1 is 1.00 bits per heavy atom. The molecule has 10 heteroatoms. The highest BCUT2D eigenvalue weighted by Crippen LogP contribution is 2.27. The van der Waals surface area contributed by atoms with E-state index in [0.717, 1.165) is 17.5 Å². The first kappa shape index (κ1) is 21.7. The van der Waals surface area contributed by atoms with Crippen molar-refractivity contribution in [3.8, 4) is 17.1 Å². The molecule has 0 radical (unpaired) electrons. The number of carbonyl (C=O) groups is 1. The average Bonchev–Trinajstić information content (AvgIpc) is 3.23. The summed E-state index contributed by atoms with van der Waals surface area (Å²) in [5.41, 5.74) is 2.20. The molecular formula is C22H19N5O3S2. The largest absolute Gasteiger partial charge is 0.325 e. The van der Waals surface area contributed by atoms with Crippen LogP contribution in [0.25, 0.3) is 17.1 Å². The summed E-state index contributed by atoms with van der Waals surface area (Å²) in [6, 6.07) is 19.4. The van der Waals surface area contributed by atoms with E-state index in [1.165, 1.54) is 23.9 Å². The minimum atomic E-state index is -3.29. The standard InChI is InChI=1S/C22H19N5O3S2/c1-32(29,30)19-11-9-17(10-12-19)24-20(28)15-31-22-26-25-21(16-6-5-13-23-14-16)27(22)18-7-3-2-4-8-18/h2-14H,15H2,1H3,(H,24,28). The van der Waals surface area contributed by atoms with Crippen molar-refractivity contribution in [2.45, 2.75) is 10.1 Å². The van der Waals surface area contributed by atoms with E-state index in [1.54, 1.807) is 24.5 Å². The number of aromatic nitrogens is 4. The third-order valence-electron chi connectivity index (χ3n) is 4.47. The summed E-state index contributed by atoms with van der Waals surface area (Å²) in [5, 5.41) is 11.9. The molecule has 2 aromatic carbocycles. The van der Waals surface area contributed by atoms with Gasteiger partial charge in [0.2, 0.25) is 5.91 Å². The summed E-state index contributed by atoms with van der Waals surface area (Å²) in [6.07, 6.45) is 4.54. The first-order chi connectivity index (χ1) is 15.4. The Bertz CT molecular complexity index is 1320. The molecule has 0 aliphatic rings. The average molecular weight is 466 g/mol. The van der Waals surface area contributed by atoms with Crippen molar-refractivity contribution in [3.63, 3.8) is 0 Å². The third kappa shape index (κ3) is 5.04. The van der Waals surface area contributed by atoms with Gasteiger partial charge in [-0.2, -0.15) is 0 Å². The van der Waals surface area contributed by atoms with Crippen LogP contribution in [-0.4, -0.2) is 46.1 Å². The van der Waals surface area contributed by atoms with Gasteiger partial charge in [-0.05, 0) is 48.5 Å². The van der Waals surface area contributed by atoms with Crippen molar-refractivity contribution in [2.75, 3.05) is 17.3 Å². The van der Waals surface area contributed by atoms with Gasteiger partial charge < -0.3 is 5.32 Å². The van der Waals surface area contributed by atoms with Crippen molar-refractivity contribution < 1.29 is 13.2 Å². The minimum absolute atomic E-state index is 0.103. The van der Waals surface area contributed by atoms with Crippen molar-refractivity contribution in [1.82, 2.24) is 19.7 Å². The van der Waals surface area contributed by atoms with Crippen LogP contribution < -0.4 is 5.32 Å². The molecule has 0 saturated heterocycles. The molecule has 4 rings (SSSR count). The SMILES string of the molecule is CS(=O)(=O)c1ccc(NC(=O)CSc2nnc(-c3cccnc3)n2-c2ccccc2)cc1. The van der Waals surface area contributed by atoms with Crippen molar-refractivity contribution >= 4 is 33.2 Å². The fraction of sp³-hybridized carbons (Fsp3) is 0.0909. The van der Waals surface area contributed by atoms with Crippen LogP contribution in [0.3, 0.4) is 0 Å². The van der Waals surface area contributed by atoms with E-state index in [0.29, 0.717) is 16.7 Å². The lowest BCUT2D eigenvalue weighted by Gasteiger charge is -2.10. The zero-order valence-corrected chi connectivity index (χ0v) is 18.7. The lowest BCUT2D eigenvalue weighted by atomic mass is 10.2. The topological polar surface area (TPSA) is 107 Å². The van der Waals surface area contributed by atoms with E-state index in [9.17, 15) is 13.2 Å². The van der Waals surface area contributed by atoms with E-state index in [1.807, 2.05) is 47.0 Å². The van der Waals surface area contributed by atoms with E-state index in [-0.39, 0.29) is 16.6 Å². The summed E-state index contributed by atoms with van der Waals surface area (Å²) in [6.45, 7) is 0. The number of amides is 1. The lowest BCUT2D eigenvalue weighted by Crippen LogP contribution is -2.14. The van der Waals surface area contributed by atoms with Gasteiger partial charge in [-0.25, -0.2) is 8.42 Å². The van der Waals surface area contributed by atoms with Gasteiger partial charge in [0.05, 0.1) is 10.6 Å². The molecule has 0 bridgehead atoms. The monoisotopic (exact) mass is 465 g/mol. The van der Waals surface area contributed by atoms with Gasteiger partial charge in [0.1, 0.15) is 0 Å². The number of nitrogens with one attached hydrogen (secondary N) is 1. The van der Waals surface area contributed by atoms with E-state index < -0.39 is 9.84 Å². The number of benzene rings is 2. The minimum Gasteiger partial charge on any atom is -0.325 e. The number of anilines is 1. The van der Waals surface area contributed by atoms with Gasteiger partial charge in [-0.3, -0.25) is 14.3 Å². The summed E-state index contributed by atoms with van der Waals surface area (Å²) in [4.78, 5) is 16.8. The Hall–Kier alpha value is -3.50. The highest BCUT2D eigenvalue weighted by Gasteiger charge is 2.17. The molecule has 0 saturated carbocycles. The van der Waals surface area contributed by atoms with Crippen LogP contribution in [0, 0.1) is 0 Å². The van der Waals surface area contributed by atoms with Crippen molar-refractivity contribution in [3.05, 3.63) is 79.1 Å². The molecule has 0 unspecified atom stereocenters. The molecule has 162 valence electrons. The number of pyridine rings is 1. The quantitative estimate of drug-likeness (QED) is 0.417. The van der Waals surface area contributed by atoms with Gasteiger partial charge in [0.15, 0.2) is 20.8 Å². The van der Waals surface area contributed by atoms with Crippen LogP contribution in [0.15, 0.2) is 89.2 Å². The number of rotatable bonds is 7. The van der Waals surface area contributed by atoms with Crippen LogP contribution >= 0.6 is 11.8 Å². The number of carbonyl (C=O) groups excluding carboxylic acids is 1. The summed E-state index contributed by atoms with van der Waals surface area (Å²) >= 11 is 1.25. The molecule has 1 amide bonds. The maximum absolute atomic E-state index is 12.5. The predicted octanol–water partition coefficient (Wildman–Crippen LogP) is 3.46. The number of sulfone groups is 1. The number of para-hydroxylation sites is 1. The molecule has 8 nitrogen and oxygen atoms in total. The van der Waals surface area contributed by atoms with Gasteiger partial charge >= 0.3 is 0 Å². The number of thioether (sulfide) groups is 1. The molecular weight excluding hydrogens is 446 g/mol. The molecule has 32 heavy (non-hydrogen) atoms. The Kier molecular flexibility index (Phi) is 6.33. The zero-order chi connectivity index (χ0) is 22.6. The van der Waals surface area contributed by atoms with Crippen LogP contribution in [0.2, 0.25) is 0 Å². The Morgan fingerprint density at radius 2 is 1.75 bits per heavy atom. The first-order valence-corrected chi connectivity index (χ1v) is 12.4. The fourth-order valence-electron chi connectivity index (χ4n) is 2.97. The predicted molar refractivity (Wildman–Crippen MR) is 123 cm³/mol. The molecule has 0 aliphatic heterocycles. The van der Waals surface area contributed by atoms with Gasteiger partial charge in [0.25, 0.3) is 0 Å². The zero-order valence-electron chi connectivity index (χ0n) is 17.0. The molecule has 2 heterocycles. The maximum Gasteiger partial charge on any atom is 0.234 e. The molecule has 0 atom stereocenters. The summed E-state index contributed by atoms with van der Waals surface area (Å²) in [5.74, 6) is 0.488. The molecule has 0 spiro atoms. The highest BCUT2D eigenvalue weighted by molar-refractivity contribution is 7.99. The highest BCUT2D eigenvalue weighted by atomic mass is 32.2. The molecule has 2 aromatic heterocycles. The second-order valence-corrected chi connectivity index (χ2v) is 9.81. The van der Waals surface area contributed by atoms with Gasteiger partial charge in [-0.1, -0.05) is 30.0 Å². The van der Waals surface area contributed by atoms with E-state index >= 15 is 0 Å². The second kappa shape index (κ2) is 9.33.